The molecule has 0 heterocycles. The van der Waals surface area contributed by atoms with Crippen LogP contribution in [0.5, 0.6) is 0 Å². The third-order valence-electron chi connectivity index (χ3n) is 0. The molecule has 0 spiro atoms. The normalized spacial score (nSPS) is 1.60. The Kier molecular flexibility index (Phi) is 147. The molecule has 0 fully saturated rings. The third kappa shape index (κ3) is 20.1. The Labute approximate surface area is 84.5 Å². The Balaban J connectivity index is -0.00000000167. The molecule has 0 aromatic carbocycles. The minimum atomic E-state index is 0. The van der Waals surface area contributed by atoms with Gasteiger partial charge in [0.25, 0.3) is 0 Å². The van der Waals surface area contributed by atoms with Crippen molar-refractivity contribution in [2.45, 2.75) is 0 Å². The quantitative estimate of drug-likeness (QED) is 0.408. The molecular weight excluding hydrogens is 324 g/mol. The zero-order chi connectivity index (χ0) is 2.00. The molecule has 0 aromatic rings. The summed E-state index contributed by atoms with van der Waals surface area (Å²) in [7, 11) is 1.42. The topological polar surface area (TPSA) is 0 Å². The fourth-order valence-electron chi connectivity index (χ4n) is 0. The van der Waals surface area contributed by atoms with Crippen LogP contribution in [0.2, 0.25) is 0 Å². The Morgan fingerprint density at radius 2 is 1.20 bits per heavy atom. The van der Waals surface area contributed by atoms with Gasteiger partial charge < -0.3 is 0 Å². The fraction of sp³-hybridized carbons (Fsp3) is 0. The average molecular weight is 332 g/mol. The first-order chi connectivity index (χ1) is 1.00. The second-order valence-corrected chi connectivity index (χ2v) is 0. The predicted molar refractivity (Wildman–Crippen MR) is 28.4 cm³/mol. The molecule has 5 heavy (non-hydrogen) atoms. The predicted octanol–water partition coefficient (Wildman–Crippen LogP) is -3.29. The van der Waals surface area contributed by atoms with E-state index in [0.29, 0.717) is 0 Å². The van der Waals surface area contributed by atoms with Crippen LogP contribution in [0.15, 0.2) is 0 Å². The van der Waals surface area contributed by atoms with Gasteiger partial charge in [0.1, 0.15) is 0 Å². The molecule has 0 nitrogen and oxygen atoms in total. The summed E-state index contributed by atoms with van der Waals surface area (Å²) in [5.41, 5.74) is 0. The van der Waals surface area contributed by atoms with Crippen molar-refractivity contribution in [3.05, 3.63) is 0 Å². The van der Waals surface area contributed by atoms with Gasteiger partial charge in [0.05, 0.1) is 0 Å². The summed E-state index contributed by atoms with van der Waals surface area (Å²) >= 11 is 1.58. The molecule has 0 aliphatic heterocycles. The summed E-state index contributed by atoms with van der Waals surface area (Å²) in [6.07, 6.45) is 0. The van der Waals surface area contributed by atoms with Gasteiger partial charge >= 0.3 is 51.4 Å². The standard InChI is InChI=1S/Al.Cu.Mg.H3Si.Ta.5H/h;;;1H3;;;;;;. The number of hydrogen-bond donors (Lipinski definition) is 0. The van der Waals surface area contributed by atoms with E-state index in [9.17, 15) is 0 Å². The molecule has 33 valence electrons. The fourth-order valence-corrected chi connectivity index (χ4v) is 0. The van der Waals surface area contributed by atoms with Crippen LogP contribution in [0.25, 0.3) is 0 Å². The maximum absolute atomic E-state index is 1.58. The summed E-state index contributed by atoms with van der Waals surface area (Å²) < 4.78 is 0. The first-order valence-electron chi connectivity index (χ1n) is 0.447. The van der Waals surface area contributed by atoms with Crippen molar-refractivity contribution in [2.24, 2.45) is 0 Å². The van der Waals surface area contributed by atoms with Gasteiger partial charge in [-0.25, -0.2) is 0 Å². The van der Waals surface area contributed by atoms with Crippen molar-refractivity contribution < 1.29 is 37.4 Å². The Morgan fingerprint density at radius 3 is 1.20 bits per heavy atom. The molecule has 0 aliphatic rings. The molecule has 0 rings (SSSR count). The molecule has 0 atom stereocenters. The van der Waals surface area contributed by atoms with Gasteiger partial charge in [-0.15, -0.1) is 0 Å². The molecular formula is H8AlCuMgSiTa. The van der Waals surface area contributed by atoms with Gasteiger partial charge in [0.2, 0.25) is 0 Å². The number of hydrogen-bond acceptors (Lipinski definition) is 0. The van der Waals surface area contributed by atoms with Crippen LogP contribution in [0, 0.1) is 0 Å². The molecule has 0 amide bonds. The van der Waals surface area contributed by atoms with E-state index in [2.05, 4.69) is 0 Å². The Hall–Kier alpha value is 2.78. The van der Waals surface area contributed by atoms with Crippen LogP contribution >= 0.6 is 0 Å². The average Bonchev–Trinajstić information content (AvgIpc) is 1.00. The van der Waals surface area contributed by atoms with Crippen LogP contribution in [-0.4, -0.2) is 48.4 Å². The van der Waals surface area contributed by atoms with Crippen molar-refractivity contribution in [3.8, 4) is 0 Å². The van der Waals surface area contributed by atoms with Gasteiger partial charge in [-0.1, -0.05) is 0 Å². The second kappa shape index (κ2) is 29.3. The van der Waals surface area contributed by atoms with Crippen LogP contribution in [0.1, 0.15) is 0 Å². The van der Waals surface area contributed by atoms with E-state index in [-0.39, 0.29) is 57.5 Å². The molecule has 0 N–H and O–H groups in total. The summed E-state index contributed by atoms with van der Waals surface area (Å²) in [4.78, 5) is 0. The maximum atomic E-state index is 1.58. The summed E-state index contributed by atoms with van der Waals surface area (Å²) in [6, 6.07) is 0. The van der Waals surface area contributed by atoms with Crippen molar-refractivity contribution >= 4 is 48.4 Å². The van der Waals surface area contributed by atoms with Gasteiger partial charge in [-0.3, -0.25) is 0 Å². The van der Waals surface area contributed by atoms with Crippen molar-refractivity contribution in [3.63, 3.8) is 0 Å². The molecule has 0 saturated heterocycles. The van der Waals surface area contributed by atoms with Crippen molar-refractivity contribution in [1.82, 2.24) is 0 Å². The van der Waals surface area contributed by atoms with Gasteiger partial charge in [0, 0.05) is 17.1 Å². The van der Waals surface area contributed by atoms with E-state index in [4.69, 9.17) is 0 Å². The van der Waals surface area contributed by atoms with Crippen LogP contribution in [0.3, 0.4) is 0 Å². The van der Waals surface area contributed by atoms with E-state index in [1.807, 2.05) is 0 Å². The molecule has 0 saturated carbocycles. The van der Waals surface area contributed by atoms with E-state index in [0.717, 1.165) is 0 Å². The molecule has 0 unspecified atom stereocenters. The Bertz CT molecular complexity index is 11.6. The summed E-state index contributed by atoms with van der Waals surface area (Å²) in [5, 5.41) is 0. The molecule has 5 heteroatoms. The molecule has 0 aliphatic carbocycles. The van der Waals surface area contributed by atoms with E-state index >= 15 is 0 Å². The van der Waals surface area contributed by atoms with Crippen LogP contribution < -0.4 is 0 Å². The van der Waals surface area contributed by atoms with E-state index < -0.39 is 0 Å². The summed E-state index contributed by atoms with van der Waals surface area (Å²) in [5.74, 6) is 0. The monoisotopic (exact) mass is 331 g/mol. The van der Waals surface area contributed by atoms with Crippen molar-refractivity contribution in [2.75, 3.05) is 0 Å². The van der Waals surface area contributed by atoms with E-state index in [1.54, 1.807) is 20.3 Å². The SMILES string of the molecule is [AlH3].[Cu].[MgH2].[SiH3][Ta]. The summed E-state index contributed by atoms with van der Waals surface area (Å²) in [6.45, 7) is 0. The van der Waals surface area contributed by atoms with Gasteiger partial charge in [-0.05, 0) is 0 Å². The molecule has 0 bridgehead atoms. The molecule has 1 radical (unpaired) electrons. The van der Waals surface area contributed by atoms with Crippen LogP contribution in [0.4, 0.5) is 0 Å². The first kappa shape index (κ1) is 25.0. The molecule has 0 aromatic heterocycles. The third-order valence-corrected chi connectivity index (χ3v) is 0. The van der Waals surface area contributed by atoms with E-state index in [1.165, 1.54) is 8.00 Å². The Morgan fingerprint density at radius 1 is 1.20 bits per heavy atom. The zero-order valence-electron chi connectivity index (χ0n) is 1.75. The minimum absolute atomic E-state index is 0. The first-order valence-corrected chi connectivity index (χ1v) is 11.0. The van der Waals surface area contributed by atoms with Gasteiger partial charge in [0.15, 0.2) is 17.4 Å². The van der Waals surface area contributed by atoms with Crippen molar-refractivity contribution in [1.29, 1.82) is 0 Å². The zero-order valence-corrected chi connectivity index (χ0v) is 7.90. The van der Waals surface area contributed by atoms with Crippen LogP contribution in [-0.2, 0) is 37.4 Å². The second-order valence-electron chi connectivity index (χ2n) is 0. The van der Waals surface area contributed by atoms with Gasteiger partial charge in [-0.2, -0.15) is 0 Å². The number of rotatable bonds is 0.